The van der Waals surface area contributed by atoms with Gasteiger partial charge in [-0.2, -0.15) is 0 Å². The summed E-state index contributed by atoms with van der Waals surface area (Å²) >= 11 is 0. The van der Waals surface area contributed by atoms with Gasteiger partial charge in [-0.3, -0.25) is 9.69 Å². The molecule has 172 valence electrons. The van der Waals surface area contributed by atoms with Gasteiger partial charge in [0.1, 0.15) is 11.4 Å². The smallest absolute Gasteiger partial charge is 0.229 e. The number of aliphatic hydroxyl groups excluding tert-OH is 1. The van der Waals surface area contributed by atoms with Crippen LogP contribution in [0.5, 0.6) is 5.75 Å². The summed E-state index contributed by atoms with van der Waals surface area (Å²) in [6.07, 6.45) is 1.66. The van der Waals surface area contributed by atoms with Gasteiger partial charge in [-0.1, -0.05) is 44.2 Å². The van der Waals surface area contributed by atoms with E-state index < -0.39 is 11.7 Å². The van der Waals surface area contributed by atoms with E-state index in [9.17, 15) is 15.0 Å². The minimum absolute atomic E-state index is 0.0349. The van der Waals surface area contributed by atoms with E-state index in [1.807, 2.05) is 61.2 Å². The number of fused-ring (bicyclic) bond motifs is 1. The molecule has 0 unspecified atom stereocenters. The number of nitrogens with zero attached hydrogens (tertiary/aromatic N) is 2. The normalized spacial score (nSPS) is 22.1. The summed E-state index contributed by atoms with van der Waals surface area (Å²) < 4.78 is 5.48. The van der Waals surface area contributed by atoms with E-state index in [-0.39, 0.29) is 11.8 Å². The Labute approximate surface area is 190 Å². The second kappa shape index (κ2) is 9.22. The van der Waals surface area contributed by atoms with Gasteiger partial charge in [-0.15, -0.1) is 0 Å². The summed E-state index contributed by atoms with van der Waals surface area (Å²) in [7, 11) is 1.62. The van der Waals surface area contributed by atoms with Crippen molar-refractivity contribution in [3.8, 4) is 5.75 Å². The zero-order chi connectivity index (χ0) is 22.9. The summed E-state index contributed by atoms with van der Waals surface area (Å²) in [6.45, 7) is 6.27. The predicted octanol–water partition coefficient (Wildman–Crippen LogP) is 3.26. The van der Waals surface area contributed by atoms with Crippen molar-refractivity contribution in [2.75, 3.05) is 38.2 Å². The Morgan fingerprint density at radius 3 is 2.72 bits per heavy atom. The van der Waals surface area contributed by atoms with Gasteiger partial charge >= 0.3 is 0 Å². The summed E-state index contributed by atoms with van der Waals surface area (Å²) in [4.78, 5) is 16.4. The van der Waals surface area contributed by atoms with Crippen LogP contribution in [0, 0.1) is 5.92 Å². The summed E-state index contributed by atoms with van der Waals surface area (Å²) in [5.41, 5.74) is 2.73. The molecular weight excluding hydrogens is 404 g/mol. The molecule has 2 aliphatic heterocycles. The number of anilines is 1. The maximum Gasteiger partial charge on any atom is 0.229 e. The van der Waals surface area contributed by atoms with Crippen LogP contribution >= 0.6 is 0 Å². The lowest BCUT2D eigenvalue weighted by Crippen LogP contribution is -2.47. The molecule has 2 aliphatic rings. The Kier molecular flexibility index (Phi) is 6.56. The van der Waals surface area contributed by atoms with Crippen molar-refractivity contribution in [3.05, 3.63) is 59.2 Å². The van der Waals surface area contributed by atoms with Gasteiger partial charge in [0.15, 0.2) is 0 Å². The SMILES string of the molecule is COc1ccccc1[C@@]1(O)CCCN(C[C@H](O)c2ccc3c(c2)CCN3C(=O)C(C)C)C1. The van der Waals surface area contributed by atoms with Gasteiger partial charge in [0.2, 0.25) is 5.91 Å². The number of aliphatic hydroxyl groups is 2. The Morgan fingerprint density at radius 2 is 1.97 bits per heavy atom. The monoisotopic (exact) mass is 438 g/mol. The highest BCUT2D eigenvalue weighted by atomic mass is 16.5. The quantitative estimate of drug-likeness (QED) is 0.724. The zero-order valence-corrected chi connectivity index (χ0v) is 19.3. The molecule has 2 atom stereocenters. The number of β-amino-alcohol motifs (C(OH)–C–C–N with tert-alkyl or cyclic N) is 2. The van der Waals surface area contributed by atoms with E-state index >= 15 is 0 Å². The van der Waals surface area contributed by atoms with Gasteiger partial charge < -0.3 is 19.8 Å². The number of hydrogen-bond acceptors (Lipinski definition) is 5. The van der Waals surface area contributed by atoms with Crippen LogP contribution in [0.4, 0.5) is 5.69 Å². The van der Waals surface area contributed by atoms with Crippen molar-refractivity contribution in [3.63, 3.8) is 0 Å². The average Bonchev–Trinajstić information content (AvgIpc) is 3.21. The first-order chi connectivity index (χ1) is 15.3. The number of piperidine rings is 1. The van der Waals surface area contributed by atoms with Crippen molar-refractivity contribution < 1.29 is 19.7 Å². The zero-order valence-electron chi connectivity index (χ0n) is 19.3. The van der Waals surface area contributed by atoms with Crippen molar-refractivity contribution in [1.29, 1.82) is 0 Å². The van der Waals surface area contributed by atoms with Crippen molar-refractivity contribution in [2.24, 2.45) is 5.92 Å². The Hall–Kier alpha value is -2.41. The van der Waals surface area contributed by atoms with Gasteiger partial charge in [-0.25, -0.2) is 0 Å². The minimum Gasteiger partial charge on any atom is -0.496 e. The third-order valence-corrected chi connectivity index (χ3v) is 6.73. The number of carbonyl (C=O) groups excluding carboxylic acids is 1. The summed E-state index contributed by atoms with van der Waals surface area (Å²) in [6, 6.07) is 13.5. The van der Waals surface area contributed by atoms with Crippen LogP contribution in [-0.2, 0) is 16.8 Å². The number of benzene rings is 2. The van der Waals surface area contributed by atoms with E-state index in [0.717, 1.165) is 41.8 Å². The molecule has 2 heterocycles. The summed E-state index contributed by atoms with van der Waals surface area (Å²) in [5.74, 6) is 0.796. The lowest BCUT2D eigenvalue weighted by molar-refractivity contribution is -0.121. The van der Waals surface area contributed by atoms with Gasteiger partial charge in [-0.05, 0) is 49.1 Å². The third-order valence-electron chi connectivity index (χ3n) is 6.73. The maximum atomic E-state index is 12.5. The highest BCUT2D eigenvalue weighted by Gasteiger charge is 2.37. The fourth-order valence-electron chi connectivity index (χ4n) is 5.05. The first-order valence-corrected chi connectivity index (χ1v) is 11.5. The van der Waals surface area contributed by atoms with E-state index in [0.29, 0.717) is 31.8 Å². The highest BCUT2D eigenvalue weighted by molar-refractivity contribution is 5.96. The van der Waals surface area contributed by atoms with E-state index in [2.05, 4.69) is 4.90 Å². The molecule has 6 heteroatoms. The number of hydrogen-bond donors (Lipinski definition) is 2. The van der Waals surface area contributed by atoms with Crippen LogP contribution in [0.3, 0.4) is 0 Å². The van der Waals surface area contributed by atoms with Gasteiger partial charge in [0.05, 0.1) is 13.2 Å². The molecule has 0 aromatic heterocycles. The van der Waals surface area contributed by atoms with Gasteiger partial charge in [0.25, 0.3) is 0 Å². The van der Waals surface area contributed by atoms with E-state index in [1.54, 1.807) is 7.11 Å². The number of likely N-dealkylation sites (tertiary alicyclic amines) is 1. The number of carbonyl (C=O) groups is 1. The largest absolute Gasteiger partial charge is 0.496 e. The Bertz CT molecular complexity index is 976. The van der Waals surface area contributed by atoms with Crippen molar-refractivity contribution >= 4 is 11.6 Å². The molecule has 1 fully saturated rings. The molecule has 0 radical (unpaired) electrons. The highest BCUT2D eigenvalue weighted by Crippen LogP contribution is 2.38. The minimum atomic E-state index is -1.000. The fraction of sp³-hybridized carbons (Fsp3) is 0.500. The number of para-hydroxylation sites is 1. The second-order valence-corrected chi connectivity index (χ2v) is 9.37. The van der Waals surface area contributed by atoms with Crippen LogP contribution in [0.2, 0.25) is 0 Å². The number of rotatable bonds is 6. The average molecular weight is 439 g/mol. The molecule has 0 bridgehead atoms. The molecule has 32 heavy (non-hydrogen) atoms. The number of ether oxygens (including phenoxy) is 1. The predicted molar refractivity (Wildman–Crippen MR) is 125 cm³/mol. The lowest BCUT2D eigenvalue weighted by atomic mass is 9.85. The van der Waals surface area contributed by atoms with Crippen molar-refractivity contribution in [1.82, 2.24) is 4.90 Å². The Morgan fingerprint density at radius 1 is 1.19 bits per heavy atom. The second-order valence-electron chi connectivity index (χ2n) is 9.37. The van der Waals surface area contributed by atoms with E-state index in [1.165, 1.54) is 0 Å². The van der Waals surface area contributed by atoms with Crippen LogP contribution in [0.1, 0.15) is 49.5 Å². The molecule has 2 N–H and O–H groups in total. The molecule has 6 nitrogen and oxygen atoms in total. The first-order valence-electron chi connectivity index (χ1n) is 11.5. The molecule has 2 aromatic carbocycles. The first kappa shape index (κ1) is 22.8. The fourth-order valence-corrected chi connectivity index (χ4v) is 5.05. The molecular formula is C26H34N2O4. The number of amides is 1. The lowest BCUT2D eigenvalue weighted by Gasteiger charge is -2.40. The van der Waals surface area contributed by atoms with Crippen molar-refractivity contribution in [2.45, 2.75) is 44.8 Å². The Balaban J connectivity index is 1.46. The maximum absolute atomic E-state index is 12.5. The molecule has 0 aliphatic carbocycles. The topological polar surface area (TPSA) is 73.2 Å². The number of methoxy groups -OCH3 is 1. The van der Waals surface area contributed by atoms with Crippen LogP contribution in [0.15, 0.2) is 42.5 Å². The molecule has 1 saturated heterocycles. The van der Waals surface area contributed by atoms with Crippen LogP contribution < -0.4 is 9.64 Å². The standard InChI is InChI=1S/C26H34N2O4/c1-18(2)25(30)28-14-11-19-15-20(9-10-22(19)28)23(29)16-27-13-6-12-26(31,17-27)21-7-4-5-8-24(21)32-3/h4-5,7-10,15,18,23,29,31H,6,11-14,16-17H2,1-3H3/t23-,26+/m0/s1. The van der Waals surface area contributed by atoms with Gasteiger partial charge in [0, 0.05) is 36.8 Å². The molecule has 2 aromatic rings. The molecule has 0 spiro atoms. The molecule has 4 rings (SSSR count). The molecule has 0 saturated carbocycles. The molecule has 1 amide bonds. The van der Waals surface area contributed by atoms with E-state index in [4.69, 9.17) is 4.74 Å². The van der Waals surface area contributed by atoms with Crippen LogP contribution in [-0.4, -0.2) is 54.3 Å². The summed E-state index contributed by atoms with van der Waals surface area (Å²) in [5, 5.41) is 22.4. The van der Waals surface area contributed by atoms with Crippen LogP contribution in [0.25, 0.3) is 0 Å². The third kappa shape index (κ3) is 4.40.